The molecule has 0 radical (unpaired) electrons. The van der Waals surface area contributed by atoms with Crippen LogP contribution in [0.5, 0.6) is 0 Å². The molecule has 2 saturated heterocycles. The maximum atomic E-state index is 12.6. The quantitative estimate of drug-likeness (QED) is 0.113. The predicted molar refractivity (Wildman–Crippen MR) is 177 cm³/mol. The first-order valence-electron chi connectivity index (χ1n) is 17.7. The fourth-order valence-corrected chi connectivity index (χ4v) is 7.37. The number of ether oxygens (including phenoxy) is 2. The molecule has 0 amide bonds. The van der Waals surface area contributed by atoms with E-state index in [-0.39, 0.29) is 52.5 Å². The van der Waals surface area contributed by atoms with Gasteiger partial charge in [-0.25, -0.2) is 0 Å². The predicted octanol–water partition coefficient (Wildman–Crippen LogP) is 9.17. The van der Waals surface area contributed by atoms with Crippen LogP contribution >= 0.6 is 0 Å². The molecule has 0 aromatic rings. The van der Waals surface area contributed by atoms with Gasteiger partial charge in [0.2, 0.25) is 0 Å². The van der Waals surface area contributed by atoms with Gasteiger partial charge in [-0.3, -0.25) is 14.5 Å². The zero-order valence-corrected chi connectivity index (χ0v) is 30.4. The van der Waals surface area contributed by atoms with Gasteiger partial charge in [0.1, 0.15) is 6.10 Å². The Balaban J connectivity index is 1.57. The topological polar surface area (TPSA) is 60.5 Å². The monoisotopic (exact) mass is 611 g/mol. The smallest absolute Gasteiger partial charge is 0.306 e. The maximum absolute atomic E-state index is 12.6. The van der Waals surface area contributed by atoms with E-state index in [1.54, 1.807) is 0 Å². The average molecular weight is 611 g/mol. The van der Waals surface area contributed by atoms with Crippen molar-refractivity contribution in [2.24, 2.45) is 0 Å². The van der Waals surface area contributed by atoms with Crippen LogP contribution in [-0.4, -0.2) is 69.3 Å². The molecule has 0 bridgehead atoms. The molecule has 2 unspecified atom stereocenters. The molecule has 0 aromatic carbocycles. The van der Waals surface area contributed by atoms with Crippen LogP contribution in [0.2, 0.25) is 0 Å². The van der Waals surface area contributed by atoms with Gasteiger partial charge in [0.05, 0.1) is 18.3 Å². The number of hydroxylamine groups is 4. The third-order valence-corrected chi connectivity index (χ3v) is 9.51. The Morgan fingerprint density at radius 1 is 0.628 bits per heavy atom. The first kappa shape index (κ1) is 38.5. The normalized spacial score (nSPS) is 24.1. The minimum Gasteiger partial charge on any atom is -0.462 e. The average Bonchev–Trinajstić information content (AvgIpc) is 2.88. The van der Waals surface area contributed by atoms with Crippen molar-refractivity contribution in [1.29, 1.82) is 0 Å². The second-order valence-corrected chi connectivity index (χ2v) is 16.1. The molecule has 2 atom stereocenters. The van der Waals surface area contributed by atoms with E-state index >= 15 is 0 Å². The van der Waals surface area contributed by atoms with Gasteiger partial charge in [-0.2, -0.15) is 10.1 Å². The molecule has 0 N–H and O–H groups in total. The molecule has 0 spiro atoms. The van der Waals surface area contributed by atoms with Crippen molar-refractivity contribution in [2.45, 2.75) is 220 Å². The first-order valence-corrected chi connectivity index (χ1v) is 17.7. The van der Waals surface area contributed by atoms with Crippen LogP contribution in [-0.2, 0) is 23.9 Å². The molecular weight excluding hydrogens is 540 g/mol. The van der Waals surface area contributed by atoms with Crippen LogP contribution in [0.15, 0.2) is 0 Å². The van der Waals surface area contributed by atoms with E-state index in [9.17, 15) is 4.79 Å². The number of hydrogen-bond acceptors (Lipinski definition) is 7. The Kier molecular flexibility index (Phi) is 15.0. The lowest BCUT2D eigenvalue weighted by Crippen LogP contribution is -2.62. The molecule has 2 fully saturated rings. The van der Waals surface area contributed by atoms with E-state index in [0.717, 1.165) is 64.4 Å². The van der Waals surface area contributed by atoms with Crippen molar-refractivity contribution < 1.29 is 23.9 Å². The molecular formula is C36H70N2O5. The van der Waals surface area contributed by atoms with Gasteiger partial charge in [-0.1, -0.05) is 46.0 Å². The Labute approximate surface area is 266 Å². The molecule has 0 aliphatic carbocycles. The summed E-state index contributed by atoms with van der Waals surface area (Å²) in [6, 6.07) is 0. The van der Waals surface area contributed by atoms with Crippen molar-refractivity contribution in [3.63, 3.8) is 0 Å². The number of rotatable bonds is 18. The van der Waals surface area contributed by atoms with E-state index in [2.05, 4.69) is 93.2 Å². The number of hydrogen-bond donors (Lipinski definition) is 0. The van der Waals surface area contributed by atoms with Gasteiger partial charge < -0.3 is 9.47 Å². The third kappa shape index (κ3) is 12.2. The summed E-state index contributed by atoms with van der Waals surface area (Å²) in [5.41, 5.74) is -0.466. The van der Waals surface area contributed by atoms with Gasteiger partial charge in [0.25, 0.3) is 0 Å². The third-order valence-electron chi connectivity index (χ3n) is 9.51. The van der Waals surface area contributed by atoms with E-state index in [1.165, 1.54) is 25.7 Å². The van der Waals surface area contributed by atoms with Crippen LogP contribution in [0.3, 0.4) is 0 Å². The minimum atomic E-state index is -0.187. The van der Waals surface area contributed by atoms with Gasteiger partial charge in [0, 0.05) is 48.0 Å². The van der Waals surface area contributed by atoms with Crippen LogP contribution in [0.25, 0.3) is 0 Å². The number of piperidine rings is 2. The molecule has 2 heterocycles. The van der Waals surface area contributed by atoms with E-state index in [4.69, 9.17) is 19.1 Å². The van der Waals surface area contributed by atoms with Gasteiger partial charge in [0.15, 0.2) is 0 Å². The van der Waals surface area contributed by atoms with Gasteiger partial charge in [-0.05, 0) is 108 Å². The summed E-state index contributed by atoms with van der Waals surface area (Å²) in [4.78, 5) is 25.3. The van der Waals surface area contributed by atoms with Crippen molar-refractivity contribution in [3.05, 3.63) is 0 Å². The molecule has 7 heteroatoms. The van der Waals surface area contributed by atoms with Gasteiger partial charge in [-0.15, -0.1) is 0 Å². The Hall–Kier alpha value is -0.730. The zero-order valence-electron chi connectivity index (χ0n) is 30.4. The SMILES string of the molecule is CCC(C)ON1C(C)(C)CC(OCCCCCCCCCC(=O)OC2CC(C)(C)N(OC(C)CC)C(C)(C)C2)CC1(C)C. The van der Waals surface area contributed by atoms with Crippen molar-refractivity contribution in [3.8, 4) is 0 Å². The highest BCUT2D eigenvalue weighted by molar-refractivity contribution is 5.69. The molecule has 0 saturated carbocycles. The summed E-state index contributed by atoms with van der Waals surface area (Å²) >= 11 is 0. The van der Waals surface area contributed by atoms with E-state index in [1.807, 2.05) is 0 Å². The molecule has 0 aromatic heterocycles. The standard InChI is InChI=1S/C36H70N2O5/c1-13-28(3)42-37-33(5,6)24-30(25-34(37,7)8)40-23-21-19-17-15-16-18-20-22-32(39)41-31-26-35(9,10)38(36(11,12)27-31)43-29(4)14-2/h28-31H,13-27H2,1-12H3. The van der Waals surface area contributed by atoms with Crippen LogP contribution in [0, 0.1) is 0 Å². The summed E-state index contributed by atoms with van der Waals surface area (Å²) in [5, 5.41) is 4.39. The lowest BCUT2D eigenvalue weighted by atomic mass is 9.80. The van der Waals surface area contributed by atoms with Crippen molar-refractivity contribution in [1.82, 2.24) is 10.1 Å². The minimum absolute atomic E-state index is 0.0465. The molecule has 254 valence electrons. The van der Waals surface area contributed by atoms with E-state index in [0.29, 0.717) is 6.42 Å². The van der Waals surface area contributed by atoms with Gasteiger partial charge >= 0.3 is 5.97 Å². The van der Waals surface area contributed by atoms with Crippen molar-refractivity contribution >= 4 is 5.97 Å². The molecule has 43 heavy (non-hydrogen) atoms. The zero-order chi connectivity index (χ0) is 32.5. The fourth-order valence-electron chi connectivity index (χ4n) is 7.37. The Morgan fingerprint density at radius 2 is 1.00 bits per heavy atom. The molecule has 2 aliphatic rings. The highest BCUT2D eigenvalue weighted by Gasteiger charge is 2.49. The number of unbranched alkanes of at least 4 members (excludes halogenated alkanes) is 6. The lowest BCUT2D eigenvalue weighted by Gasteiger charge is -2.54. The summed E-state index contributed by atoms with van der Waals surface area (Å²) in [7, 11) is 0. The summed E-state index contributed by atoms with van der Waals surface area (Å²) in [6.07, 6.45) is 14.7. The molecule has 7 nitrogen and oxygen atoms in total. The summed E-state index contributed by atoms with van der Waals surface area (Å²) in [6.45, 7) is 27.3. The second kappa shape index (κ2) is 16.7. The van der Waals surface area contributed by atoms with Crippen LogP contribution in [0.1, 0.15) is 173 Å². The second-order valence-electron chi connectivity index (χ2n) is 16.1. The number of esters is 1. The fraction of sp³-hybridized carbons (Fsp3) is 0.972. The Morgan fingerprint density at radius 3 is 1.42 bits per heavy atom. The summed E-state index contributed by atoms with van der Waals surface area (Å²) in [5.74, 6) is -0.0475. The largest absolute Gasteiger partial charge is 0.462 e. The summed E-state index contributed by atoms with van der Waals surface area (Å²) < 4.78 is 12.4. The number of carbonyl (C=O) groups excluding carboxylic acids is 1. The highest BCUT2D eigenvalue weighted by atomic mass is 16.7. The molecule has 2 aliphatic heterocycles. The highest BCUT2D eigenvalue weighted by Crippen LogP contribution is 2.41. The van der Waals surface area contributed by atoms with Crippen LogP contribution < -0.4 is 0 Å². The maximum Gasteiger partial charge on any atom is 0.306 e. The number of carbonyl (C=O) groups is 1. The number of nitrogens with zero attached hydrogens (tertiary/aromatic N) is 2. The van der Waals surface area contributed by atoms with Crippen LogP contribution in [0.4, 0.5) is 0 Å². The van der Waals surface area contributed by atoms with E-state index < -0.39 is 0 Å². The first-order chi connectivity index (χ1) is 19.9. The Bertz CT molecular complexity index is 790. The molecule has 2 rings (SSSR count). The lowest BCUT2D eigenvalue weighted by molar-refractivity contribution is -0.313. The van der Waals surface area contributed by atoms with Crippen molar-refractivity contribution in [2.75, 3.05) is 6.61 Å².